The second-order valence-electron chi connectivity index (χ2n) is 3.52. The van der Waals surface area contributed by atoms with Gasteiger partial charge in [0, 0.05) is 18.4 Å². The number of nitrogens with zero attached hydrogens (tertiary/aromatic N) is 1. The van der Waals surface area contributed by atoms with Gasteiger partial charge in [0.15, 0.2) is 11.6 Å². The molecule has 2 N–H and O–H groups in total. The molecule has 3 nitrogen and oxygen atoms in total. The highest BCUT2D eigenvalue weighted by Gasteiger charge is 2.03. The number of nitrogens with one attached hydrogen (secondary N) is 2. The Morgan fingerprint density at radius 3 is 2.75 bits per heavy atom. The molecule has 0 bridgehead atoms. The molecule has 0 unspecified atom stereocenters. The van der Waals surface area contributed by atoms with Crippen molar-refractivity contribution in [1.29, 1.82) is 0 Å². The van der Waals surface area contributed by atoms with Crippen LogP contribution in [0.25, 0.3) is 0 Å². The van der Waals surface area contributed by atoms with Crippen LogP contribution in [0.5, 0.6) is 0 Å². The summed E-state index contributed by atoms with van der Waals surface area (Å²) in [7, 11) is 0. The van der Waals surface area contributed by atoms with Crippen molar-refractivity contribution in [3.8, 4) is 0 Å². The summed E-state index contributed by atoms with van der Waals surface area (Å²) in [4.78, 5) is 7.02. The predicted octanol–water partition coefficient (Wildman–Crippen LogP) is 2.61. The van der Waals surface area contributed by atoms with Crippen LogP contribution in [0.1, 0.15) is 11.3 Å². The third-order valence-corrected chi connectivity index (χ3v) is 2.15. The lowest BCUT2D eigenvalue weighted by Crippen LogP contribution is -2.01. The maximum atomic E-state index is 12.9. The molecule has 0 aliphatic carbocycles. The molecule has 0 atom stereocenters. The van der Waals surface area contributed by atoms with Gasteiger partial charge in [-0.25, -0.2) is 13.8 Å². The molecule has 0 saturated carbocycles. The summed E-state index contributed by atoms with van der Waals surface area (Å²) in [5, 5.41) is 2.97. The summed E-state index contributed by atoms with van der Waals surface area (Å²) >= 11 is 0. The molecule has 0 spiro atoms. The Labute approximate surface area is 91.5 Å². The van der Waals surface area contributed by atoms with E-state index >= 15 is 0 Å². The van der Waals surface area contributed by atoms with Crippen LogP contribution in [0.15, 0.2) is 24.4 Å². The number of imidazole rings is 1. The third kappa shape index (κ3) is 2.36. The number of hydrogen-bond donors (Lipinski definition) is 2. The minimum atomic E-state index is -0.838. The van der Waals surface area contributed by atoms with Crippen LogP contribution in [-0.2, 0) is 6.54 Å². The van der Waals surface area contributed by atoms with E-state index in [4.69, 9.17) is 0 Å². The van der Waals surface area contributed by atoms with Gasteiger partial charge in [0.25, 0.3) is 0 Å². The Morgan fingerprint density at radius 1 is 1.31 bits per heavy atom. The van der Waals surface area contributed by atoms with E-state index < -0.39 is 11.6 Å². The van der Waals surface area contributed by atoms with Crippen molar-refractivity contribution in [3.63, 3.8) is 0 Å². The average Bonchev–Trinajstić information content (AvgIpc) is 2.66. The van der Waals surface area contributed by atoms with E-state index in [1.54, 1.807) is 6.20 Å². The zero-order valence-electron chi connectivity index (χ0n) is 8.72. The zero-order valence-corrected chi connectivity index (χ0v) is 8.72. The molecule has 0 aliphatic heterocycles. The van der Waals surface area contributed by atoms with E-state index in [0.29, 0.717) is 18.1 Å². The number of rotatable bonds is 3. The first-order valence-electron chi connectivity index (χ1n) is 4.84. The monoisotopic (exact) mass is 223 g/mol. The Morgan fingerprint density at radius 2 is 2.12 bits per heavy atom. The van der Waals surface area contributed by atoms with E-state index in [2.05, 4.69) is 15.3 Å². The second-order valence-corrected chi connectivity index (χ2v) is 3.52. The van der Waals surface area contributed by atoms with Crippen LogP contribution in [-0.4, -0.2) is 9.97 Å². The molecule has 0 fully saturated rings. The topological polar surface area (TPSA) is 40.7 Å². The van der Waals surface area contributed by atoms with Crippen LogP contribution in [0.3, 0.4) is 0 Å². The molecule has 0 radical (unpaired) electrons. The number of aromatic amines is 1. The summed E-state index contributed by atoms with van der Waals surface area (Å²) in [6.07, 6.45) is 1.69. The number of hydrogen-bond acceptors (Lipinski definition) is 2. The van der Waals surface area contributed by atoms with E-state index in [0.717, 1.165) is 17.8 Å². The summed E-state index contributed by atoms with van der Waals surface area (Å²) in [6, 6.07) is 3.80. The first-order chi connectivity index (χ1) is 7.65. The molecule has 84 valence electrons. The summed E-state index contributed by atoms with van der Waals surface area (Å²) in [5.74, 6) is -1.06. The maximum absolute atomic E-state index is 12.9. The number of aryl methyl sites for hydroxylation is 1. The minimum absolute atomic E-state index is 0.393. The largest absolute Gasteiger partial charge is 0.352 e. The first kappa shape index (κ1) is 10.6. The van der Waals surface area contributed by atoms with Crippen LogP contribution >= 0.6 is 0 Å². The van der Waals surface area contributed by atoms with Gasteiger partial charge in [-0.2, -0.15) is 0 Å². The Bertz CT molecular complexity index is 494. The van der Waals surface area contributed by atoms with Gasteiger partial charge < -0.3 is 10.3 Å². The van der Waals surface area contributed by atoms with Crippen molar-refractivity contribution in [3.05, 3.63) is 47.3 Å². The van der Waals surface area contributed by atoms with Gasteiger partial charge in [-0.3, -0.25) is 0 Å². The lowest BCUT2D eigenvalue weighted by molar-refractivity contribution is 0.507. The van der Waals surface area contributed by atoms with Crippen molar-refractivity contribution < 1.29 is 8.78 Å². The summed E-state index contributed by atoms with van der Waals surface area (Å²) in [6.45, 7) is 2.28. The van der Waals surface area contributed by atoms with E-state index in [1.165, 1.54) is 6.07 Å². The quantitative estimate of drug-likeness (QED) is 0.839. The number of benzene rings is 1. The standard InChI is InChI=1S/C11H11F2N3/c1-7-5-14-11(16-7)15-6-8-2-3-9(12)10(13)4-8/h2-5H,6H2,1H3,(H2,14,15,16). The average molecular weight is 223 g/mol. The normalized spacial score (nSPS) is 10.4. The van der Waals surface area contributed by atoms with Crippen LogP contribution in [0, 0.1) is 18.6 Å². The Kier molecular flexibility index (Phi) is 2.85. The second kappa shape index (κ2) is 4.30. The Hall–Kier alpha value is -1.91. The van der Waals surface area contributed by atoms with Crippen LogP contribution < -0.4 is 5.32 Å². The molecular formula is C11H11F2N3. The number of anilines is 1. The number of halogens is 2. The molecule has 1 aromatic carbocycles. The number of aromatic nitrogens is 2. The molecule has 1 heterocycles. The minimum Gasteiger partial charge on any atom is -0.352 e. The lowest BCUT2D eigenvalue weighted by atomic mass is 10.2. The van der Waals surface area contributed by atoms with Gasteiger partial charge >= 0.3 is 0 Å². The van der Waals surface area contributed by atoms with Crippen LogP contribution in [0.2, 0.25) is 0 Å². The van der Waals surface area contributed by atoms with E-state index in [1.807, 2.05) is 6.92 Å². The summed E-state index contributed by atoms with van der Waals surface area (Å²) in [5.41, 5.74) is 1.60. The van der Waals surface area contributed by atoms with Crippen LogP contribution in [0.4, 0.5) is 14.7 Å². The third-order valence-electron chi connectivity index (χ3n) is 2.15. The molecule has 0 aliphatic rings. The molecule has 0 amide bonds. The molecule has 16 heavy (non-hydrogen) atoms. The molecule has 2 aromatic rings. The van der Waals surface area contributed by atoms with Gasteiger partial charge in [0.1, 0.15) is 0 Å². The molecular weight excluding hydrogens is 212 g/mol. The predicted molar refractivity (Wildman–Crippen MR) is 57.0 cm³/mol. The fourth-order valence-electron chi connectivity index (χ4n) is 1.34. The van der Waals surface area contributed by atoms with Gasteiger partial charge in [0.2, 0.25) is 5.95 Å². The maximum Gasteiger partial charge on any atom is 0.200 e. The molecule has 0 saturated heterocycles. The molecule has 1 aromatic heterocycles. The fourth-order valence-corrected chi connectivity index (χ4v) is 1.34. The Balaban J connectivity index is 2.02. The van der Waals surface area contributed by atoms with Crippen molar-refractivity contribution in [1.82, 2.24) is 9.97 Å². The smallest absolute Gasteiger partial charge is 0.200 e. The molecule has 5 heteroatoms. The van der Waals surface area contributed by atoms with E-state index in [-0.39, 0.29) is 0 Å². The summed E-state index contributed by atoms with van der Waals surface area (Å²) < 4.78 is 25.5. The number of H-pyrrole nitrogens is 1. The van der Waals surface area contributed by atoms with Gasteiger partial charge in [0.05, 0.1) is 0 Å². The van der Waals surface area contributed by atoms with Crippen molar-refractivity contribution in [2.24, 2.45) is 0 Å². The van der Waals surface area contributed by atoms with E-state index in [9.17, 15) is 8.78 Å². The molecule has 2 rings (SSSR count). The lowest BCUT2D eigenvalue weighted by Gasteiger charge is -2.03. The van der Waals surface area contributed by atoms with Crippen molar-refractivity contribution in [2.75, 3.05) is 5.32 Å². The van der Waals surface area contributed by atoms with Crippen molar-refractivity contribution >= 4 is 5.95 Å². The highest BCUT2D eigenvalue weighted by atomic mass is 19.2. The highest BCUT2D eigenvalue weighted by Crippen LogP contribution is 2.10. The SMILES string of the molecule is Cc1cnc(NCc2ccc(F)c(F)c2)[nH]1. The fraction of sp³-hybridized carbons (Fsp3) is 0.182. The zero-order chi connectivity index (χ0) is 11.5. The highest BCUT2D eigenvalue weighted by molar-refractivity contribution is 5.29. The van der Waals surface area contributed by atoms with Gasteiger partial charge in [-0.15, -0.1) is 0 Å². The first-order valence-corrected chi connectivity index (χ1v) is 4.84. The van der Waals surface area contributed by atoms with Gasteiger partial charge in [-0.1, -0.05) is 6.07 Å². The van der Waals surface area contributed by atoms with Crippen molar-refractivity contribution in [2.45, 2.75) is 13.5 Å². The van der Waals surface area contributed by atoms with Gasteiger partial charge in [-0.05, 0) is 24.6 Å².